The normalized spacial score (nSPS) is 18.7. The molecule has 0 N–H and O–H groups in total. The first kappa shape index (κ1) is 15.1. The van der Waals surface area contributed by atoms with Gasteiger partial charge in [0.05, 0.1) is 5.57 Å². The maximum Gasteiger partial charge on any atom is 0.737 e. The number of nitrogens with zero attached hydrogens (tertiary/aromatic N) is 3. The highest BCUT2D eigenvalue weighted by atomic mass is 19.2. The van der Waals surface area contributed by atoms with Gasteiger partial charge in [-0.1, -0.05) is 0 Å². The van der Waals surface area contributed by atoms with Crippen molar-refractivity contribution in [3.63, 3.8) is 0 Å². The van der Waals surface area contributed by atoms with Gasteiger partial charge >= 0.3 is 6.97 Å². The van der Waals surface area contributed by atoms with Gasteiger partial charge in [-0.15, -0.1) is 0 Å². The van der Waals surface area contributed by atoms with E-state index in [2.05, 4.69) is 4.98 Å². The summed E-state index contributed by atoms with van der Waals surface area (Å²) in [7, 11) is 0. The van der Waals surface area contributed by atoms with Crippen molar-refractivity contribution in [1.82, 2.24) is 9.46 Å². The summed E-state index contributed by atoms with van der Waals surface area (Å²) in [6.07, 6.45) is 5.24. The minimum Gasteiger partial charge on any atom is -0.393 e. The van der Waals surface area contributed by atoms with Crippen LogP contribution in [0.1, 0.15) is 36.4 Å². The van der Waals surface area contributed by atoms with Gasteiger partial charge in [-0.3, -0.25) is 4.98 Å². The van der Waals surface area contributed by atoms with Gasteiger partial charge in [0.25, 0.3) is 0 Å². The molecule has 6 heteroatoms. The maximum atomic E-state index is 15.4. The summed E-state index contributed by atoms with van der Waals surface area (Å²) in [6.45, 7) is 3.37. The van der Waals surface area contributed by atoms with E-state index in [1.807, 2.05) is 38.1 Å². The first-order chi connectivity index (χ1) is 11.3. The van der Waals surface area contributed by atoms with E-state index >= 15 is 8.63 Å². The molecule has 0 unspecified atom stereocenters. The summed E-state index contributed by atoms with van der Waals surface area (Å²) in [4.78, 5) is 4.06. The number of halogens is 2. The average Bonchev–Trinajstić information content (AvgIpc) is 2.98. The fraction of sp³-hybridized carbons (Fsp3) is 0.222. The minimum atomic E-state index is -3.91. The van der Waals surface area contributed by atoms with Gasteiger partial charge < -0.3 is 17.6 Å². The highest BCUT2D eigenvalue weighted by Crippen LogP contribution is 2.43. The molecule has 4 rings (SSSR count). The zero-order chi connectivity index (χ0) is 17.2. The smallest absolute Gasteiger partial charge is 0.393 e. The second kappa shape index (κ2) is 4.75. The Morgan fingerprint density at radius 3 is 2.42 bits per heavy atom. The summed E-state index contributed by atoms with van der Waals surface area (Å²) in [5, 5.41) is 0. The summed E-state index contributed by atoms with van der Waals surface area (Å²) >= 11 is 0. The number of hydrogen-bond donors (Lipinski definition) is 0. The van der Waals surface area contributed by atoms with Crippen molar-refractivity contribution >= 4 is 18.3 Å². The second-order valence-corrected chi connectivity index (χ2v) is 6.57. The molecule has 2 aromatic heterocycles. The summed E-state index contributed by atoms with van der Waals surface area (Å²) in [5.74, 6) is 0. The molecule has 0 bridgehead atoms. The molecular weight excluding hydrogens is 307 g/mol. The third kappa shape index (κ3) is 1.77. The number of rotatable bonds is 1. The summed E-state index contributed by atoms with van der Waals surface area (Å²) in [5.41, 5.74) is 5.86. The zero-order valence-corrected chi connectivity index (χ0v) is 14.1. The van der Waals surface area contributed by atoms with E-state index in [-0.39, 0.29) is 0 Å². The van der Waals surface area contributed by atoms with Crippen LogP contribution in [-0.2, 0) is 0 Å². The van der Waals surface area contributed by atoms with Crippen LogP contribution in [0, 0.1) is 13.8 Å². The largest absolute Gasteiger partial charge is 0.737 e. The summed E-state index contributed by atoms with van der Waals surface area (Å²) < 4.78 is 33.2. The molecule has 2 aliphatic heterocycles. The van der Waals surface area contributed by atoms with Crippen molar-refractivity contribution in [3.05, 3.63) is 70.5 Å². The molecular formula is C18H18BF2N3. The Labute approximate surface area is 139 Å². The van der Waals surface area contributed by atoms with Crippen molar-refractivity contribution in [2.45, 2.75) is 27.7 Å². The van der Waals surface area contributed by atoms with E-state index in [1.165, 1.54) is 8.96 Å². The van der Waals surface area contributed by atoms with Crippen LogP contribution < -0.4 is 0 Å². The number of aryl methyl sites for hydroxylation is 2. The van der Waals surface area contributed by atoms with E-state index in [0.717, 1.165) is 22.3 Å². The topological polar surface area (TPSA) is 20.8 Å². The van der Waals surface area contributed by atoms with E-state index in [9.17, 15) is 0 Å². The molecule has 0 spiro atoms. The standard InChI is InChI=1S/C18H18BF2N3/c1-11-9-13(3)23-17(11)16(15-5-7-22-8-6-15)18-12(2)10-14(4)24(18)19(23,20)21/h5-10H,1-4H3. The van der Waals surface area contributed by atoms with Crippen molar-refractivity contribution < 1.29 is 13.1 Å². The molecule has 122 valence electrons. The first-order valence-electron chi connectivity index (χ1n) is 8.01. The van der Waals surface area contributed by atoms with Gasteiger partial charge in [-0.05, 0) is 55.8 Å². The van der Waals surface area contributed by atoms with Gasteiger partial charge in [0, 0.05) is 36.7 Å². The lowest BCUT2D eigenvalue weighted by Crippen LogP contribution is -2.51. The number of hydrogen-bond acceptors (Lipinski definition) is 1. The lowest BCUT2D eigenvalue weighted by atomic mass is 9.84. The van der Waals surface area contributed by atoms with Crippen LogP contribution in [0.25, 0.3) is 5.57 Å². The van der Waals surface area contributed by atoms with Crippen LogP contribution in [0.15, 0.2) is 47.9 Å². The minimum absolute atomic E-state index is 0.579. The van der Waals surface area contributed by atoms with E-state index in [4.69, 9.17) is 0 Å². The Balaban J connectivity index is 2.20. The molecule has 2 aliphatic rings. The first-order valence-corrected chi connectivity index (χ1v) is 8.01. The molecule has 0 saturated heterocycles. The van der Waals surface area contributed by atoms with Crippen molar-refractivity contribution in [1.29, 1.82) is 0 Å². The highest BCUT2D eigenvalue weighted by molar-refractivity contribution is 6.58. The van der Waals surface area contributed by atoms with Crippen LogP contribution in [0.5, 0.6) is 0 Å². The molecule has 0 aliphatic carbocycles. The second-order valence-electron chi connectivity index (χ2n) is 6.57. The van der Waals surface area contributed by atoms with Crippen LogP contribution in [0.2, 0.25) is 0 Å². The SMILES string of the molecule is CC1=CC(C)=[N+]2C1=C(c1ccncc1)c1c(C)cc(C)n1[B-]2(F)F. The van der Waals surface area contributed by atoms with E-state index in [1.54, 1.807) is 26.2 Å². The molecule has 0 saturated carbocycles. The maximum absolute atomic E-state index is 15.4. The quantitative estimate of drug-likeness (QED) is 0.728. The van der Waals surface area contributed by atoms with Gasteiger partial charge in [-0.2, -0.15) is 0 Å². The van der Waals surface area contributed by atoms with Crippen LogP contribution in [0.3, 0.4) is 0 Å². The number of fused-ring (bicyclic) bond motifs is 2. The Kier molecular flexibility index (Phi) is 2.98. The molecule has 0 fully saturated rings. The average molecular weight is 325 g/mol. The van der Waals surface area contributed by atoms with Crippen LogP contribution in [-0.4, -0.2) is 26.6 Å². The van der Waals surface area contributed by atoms with Gasteiger partial charge in [0.2, 0.25) is 0 Å². The molecule has 4 heterocycles. The molecule has 0 radical (unpaired) electrons. The van der Waals surface area contributed by atoms with Crippen LogP contribution in [0.4, 0.5) is 8.63 Å². The fourth-order valence-electron chi connectivity index (χ4n) is 4.09. The monoisotopic (exact) mass is 325 g/mol. The molecule has 3 nitrogen and oxygen atoms in total. The molecule has 24 heavy (non-hydrogen) atoms. The van der Waals surface area contributed by atoms with E-state index in [0.29, 0.717) is 22.8 Å². The Bertz CT molecular complexity index is 966. The molecule has 2 aromatic rings. The number of pyridine rings is 1. The molecule has 0 aromatic carbocycles. The lowest BCUT2D eigenvalue weighted by molar-refractivity contribution is -0.363. The highest BCUT2D eigenvalue weighted by Gasteiger charge is 2.55. The molecule has 0 atom stereocenters. The Morgan fingerprint density at radius 2 is 1.75 bits per heavy atom. The number of aromatic nitrogens is 2. The third-order valence-electron chi connectivity index (χ3n) is 4.90. The predicted octanol–water partition coefficient (Wildman–Crippen LogP) is 3.93. The van der Waals surface area contributed by atoms with Gasteiger partial charge in [0.15, 0.2) is 5.70 Å². The van der Waals surface area contributed by atoms with Crippen molar-refractivity contribution in [2.24, 2.45) is 0 Å². The van der Waals surface area contributed by atoms with Gasteiger partial charge in [-0.25, -0.2) is 0 Å². The lowest BCUT2D eigenvalue weighted by Gasteiger charge is -2.34. The van der Waals surface area contributed by atoms with Crippen molar-refractivity contribution in [2.75, 3.05) is 0 Å². The Hall–Kier alpha value is -2.50. The van der Waals surface area contributed by atoms with Gasteiger partial charge in [0.1, 0.15) is 5.71 Å². The van der Waals surface area contributed by atoms with E-state index < -0.39 is 6.97 Å². The predicted molar refractivity (Wildman–Crippen MR) is 92.2 cm³/mol. The number of allylic oxidation sites excluding steroid dienone is 2. The zero-order valence-electron chi connectivity index (χ0n) is 14.1. The Morgan fingerprint density at radius 1 is 1.08 bits per heavy atom. The third-order valence-corrected chi connectivity index (χ3v) is 4.90. The molecule has 0 amide bonds. The van der Waals surface area contributed by atoms with Crippen molar-refractivity contribution in [3.8, 4) is 0 Å². The summed E-state index contributed by atoms with van der Waals surface area (Å²) in [6, 6.07) is 5.59. The van der Waals surface area contributed by atoms with Crippen LogP contribution >= 0.6 is 0 Å². The fourth-order valence-corrected chi connectivity index (χ4v) is 4.09.